The molecule has 0 bridgehead atoms. The third-order valence-corrected chi connectivity index (χ3v) is 6.97. The fraction of sp³-hybridized carbons (Fsp3) is 0.233. The maximum atomic E-state index is 14.7. The lowest BCUT2D eigenvalue weighted by Crippen LogP contribution is -2.30. The molecule has 1 fully saturated rings. The molecule has 1 amide bonds. The largest absolute Gasteiger partial charge is 0.330 e. The lowest BCUT2D eigenvalue weighted by molar-refractivity contribution is -0.134. The van der Waals surface area contributed by atoms with Gasteiger partial charge in [-0.15, -0.1) is 0 Å². The number of carbonyl (C=O) groups is 1. The van der Waals surface area contributed by atoms with Gasteiger partial charge in [0.1, 0.15) is 5.82 Å². The molecule has 3 aromatic carbocycles. The summed E-state index contributed by atoms with van der Waals surface area (Å²) >= 11 is 0. The quantitative estimate of drug-likeness (QED) is 0.314. The Kier molecular flexibility index (Phi) is 5.95. The van der Waals surface area contributed by atoms with E-state index in [1.807, 2.05) is 77.7 Å². The summed E-state index contributed by atoms with van der Waals surface area (Å²) in [5.41, 5.74) is 3.66. The van der Waals surface area contributed by atoms with Gasteiger partial charge in [-0.05, 0) is 41.2 Å². The lowest BCUT2D eigenvalue weighted by atomic mass is 9.75. The van der Waals surface area contributed by atoms with Crippen molar-refractivity contribution in [3.05, 3.63) is 119 Å². The molecule has 1 heterocycles. The van der Waals surface area contributed by atoms with Crippen LogP contribution in [-0.4, -0.2) is 10.8 Å². The molecular weight excluding hydrogens is 409 g/mol. The molecule has 0 radical (unpaired) electrons. The zero-order chi connectivity index (χ0) is 22.8. The molecule has 1 aliphatic carbocycles. The first-order valence-electron chi connectivity index (χ1n) is 11.7. The fourth-order valence-corrected chi connectivity index (χ4v) is 5.32. The van der Waals surface area contributed by atoms with Crippen LogP contribution < -0.4 is 0 Å². The number of fused-ring (bicyclic) bond motifs is 1. The molecule has 3 aromatic rings. The van der Waals surface area contributed by atoms with Crippen molar-refractivity contribution in [2.75, 3.05) is 0 Å². The Morgan fingerprint density at radius 2 is 1.70 bits per heavy atom. The molecule has 166 valence electrons. The van der Waals surface area contributed by atoms with Crippen molar-refractivity contribution in [2.45, 2.75) is 25.9 Å². The van der Waals surface area contributed by atoms with Gasteiger partial charge in [-0.2, -0.15) is 0 Å². The first kappa shape index (κ1) is 21.4. The zero-order valence-corrected chi connectivity index (χ0v) is 18.8. The number of hydrogen-bond acceptors (Lipinski definition) is 1. The van der Waals surface area contributed by atoms with E-state index in [0.717, 1.165) is 23.1 Å². The van der Waals surface area contributed by atoms with Gasteiger partial charge in [0.05, 0.1) is 6.04 Å². The smallest absolute Gasteiger partial charge is 0.227 e. The number of nitrogens with zero attached hydrogens (tertiary/aromatic N) is 1. The van der Waals surface area contributed by atoms with Crippen molar-refractivity contribution < 1.29 is 9.18 Å². The number of likely N-dealkylation sites (tertiary alicyclic amines) is 1. The number of halogens is 1. The van der Waals surface area contributed by atoms with Crippen LogP contribution in [-0.2, 0) is 11.3 Å². The Balaban J connectivity index is 1.53. The van der Waals surface area contributed by atoms with Crippen LogP contribution in [0.1, 0.15) is 41.6 Å². The number of carbonyl (C=O) groups excluding carboxylic acids is 1. The van der Waals surface area contributed by atoms with E-state index >= 15 is 0 Å². The van der Waals surface area contributed by atoms with E-state index in [0.29, 0.717) is 18.0 Å². The summed E-state index contributed by atoms with van der Waals surface area (Å²) in [7, 11) is 0. The molecule has 0 saturated carbocycles. The standard InChI is InChI=1S/C30H28FNO/c1-21-9-8-14-26-28(21)30(33)32(20-23-12-6-3-7-13-23)29(26)25-17-18-27(31)24(19-25)16-15-22-10-4-2-5-11-22/h2-8,10-19,21,26,28-29H,9,20H2,1H3/b16-15+/t21-,26+,28+,29+/m1/s1. The number of allylic oxidation sites excluding steroid dienone is 1. The first-order chi connectivity index (χ1) is 16.1. The van der Waals surface area contributed by atoms with E-state index in [1.54, 1.807) is 0 Å². The monoisotopic (exact) mass is 437 g/mol. The molecule has 0 unspecified atom stereocenters. The van der Waals surface area contributed by atoms with Crippen LogP contribution >= 0.6 is 0 Å². The minimum Gasteiger partial charge on any atom is -0.330 e. The molecule has 5 rings (SSSR count). The highest BCUT2D eigenvalue weighted by molar-refractivity contribution is 5.83. The number of benzene rings is 3. The van der Waals surface area contributed by atoms with E-state index in [-0.39, 0.29) is 29.6 Å². The van der Waals surface area contributed by atoms with Gasteiger partial charge in [-0.1, -0.05) is 98.0 Å². The Morgan fingerprint density at radius 3 is 2.45 bits per heavy atom. The molecule has 0 N–H and O–H groups in total. The lowest BCUT2D eigenvalue weighted by Gasteiger charge is -2.29. The second-order valence-corrected chi connectivity index (χ2v) is 9.17. The summed E-state index contributed by atoms with van der Waals surface area (Å²) in [4.78, 5) is 15.6. The predicted octanol–water partition coefficient (Wildman–Crippen LogP) is 6.91. The maximum absolute atomic E-state index is 14.7. The second kappa shape index (κ2) is 9.19. The Bertz CT molecular complexity index is 1180. The van der Waals surface area contributed by atoms with Crippen LogP contribution in [0.3, 0.4) is 0 Å². The van der Waals surface area contributed by atoms with Gasteiger partial charge < -0.3 is 4.90 Å². The van der Waals surface area contributed by atoms with Gasteiger partial charge >= 0.3 is 0 Å². The third-order valence-electron chi connectivity index (χ3n) is 6.97. The van der Waals surface area contributed by atoms with E-state index in [1.165, 1.54) is 6.07 Å². The molecule has 3 heteroatoms. The van der Waals surface area contributed by atoms with Crippen molar-refractivity contribution >= 4 is 18.1 Å². The Labute approximate surface area is 195 Å². The minimum absolute atomic E-state index is 0.0305. The van der Waals surface area contributed by atoms with Gasteiger partial charge in [0.2, 0.25) is 5.91 Å². The minimum atomic E-state index is -0.256. The predicted molar refractivity (Wildman–Crippen MR) is 131 cm³/mol. The number of rotatable bonds is 5. The molecule has 0 spiro atoms. The Hall–Kier alpha value is -3.46. The van der Waals surface area contributed by atoms with Crippen LogP contribution in [0.15, 0.2) is 91.0 Å². The van der Waals surface area contributed by atoms with Crippen LogP contribution in [0.4, 0.5) is 4.39 Å². The summed E-state index contributed by atoms with van der Waals surface area (Å²) < 4.78 is 14.7. The molecule has 4 atom stereocenters. The molecular formula is C30H28FNO. The van der Waals surface area contributed by atoms with E-state index < -0.39 is 0 Å². The molecule has 0 aromatic heterocycles. The molecule has 33 heavy (non-hydrogen) atoms. The third kappa shape index (κ3) is 4.28. The van der Waals surface area contributed by atoms with Crippen LogP contribution in [0, 0.1) is 23.6 Å². The molecule has 2 nitrogen and oxygen atoms in total. The topological polar surface area (TPSA) is 20.3 Å². The van der Waals surface area contributed by atoms with E-state index in [4.69, 9.17) is 0 Å². The highest BCUT2D eigenvalue weighted by Gasteiger charge is 2.50. The SMILES string of the molecule is C[C@@H]1CC=C[C@H]2[C@H]1C(=O)N(Cc1ccccc1)[C@H]2c1ccc(F)c(/C=C/c2ccccc2)c1. The van der Waals surface area contributed by atoms with E-state index in [2.05, 4.69) is 31.2 Å². The fourth-order valence-electron chi connectivity index (χ4n) is 5.32. The maximum Gasteiger partial charge on any atom is 0.227 e. The number of hydrogen-bond donors (Lipinski definition) is 0. The summed E-state index contributed by atoms with van der Waals surface area (Å²) in [6, 6.07) is 25.2. The summed E-state index contributed by atoms with van der Waals surface area (Å²) in [6.45, 7) is 2.73. The van der Waals surface area contributed by atoms with Crippen molar-refractivity contribution in [3.63, 3.8) is 0 Å². The highest BCUT2D eigenvalue weighted by atomic mass is 19.1. The molecule has 2 aliphatic rings. The van der Waals surface area contributed by atoms with Gasteiger partial charge in [0, 0.05) is 23.9 Å². The van der Waals surface area contributed by atoms with Gasteiger partial charge in [-0.25, -0.2) is 4.39 Å². The molecule has 1 saturated heterocycles. The average Bonchev–Trinajstić information content (AvgIpc) is 3.12. The normalized spacial score (nSPS) is 24.4. The molecule has 1 aliphatic heterocycles. The van der Waals surface area contributed by atoms with Crippen molar-refractivity contribution in [3.8, 4) is 0 Å². The summed E-state index contributed by atoms with van der Waals surface area (Å²) in [6.07, 6.45) is 9.09. The van der Waals surface area contributed by atoms with E-state index in [9.17, 15) is 9.18 Å². The Morgan fingerprint density at radius 1 is 0.970 bits per heavy atom. The van der Waals surface area contributed by atoms with Crippen LogP contribution in [0.5, 0.6) is 0 Å². The van der Waals surface area contributed by atoms with Crippen molar-refractivity contribution in [1.29, 1.82) is 0 Å². The van der Waals surface area contributed by atoms with Crippen LogP contribution in [0.25, 0.3) is 12.2 Å². The van der Waals surface area contributed by atoms with Gasteiger partial charge in [-0.3, -0.25) is 4.79 Å². The van der Waals surface area contributed by atoms with Gasteiger partial charge in [0.15, 0.2) is 0 Å². The van der Waals surface area contributed by atoms with Crippen molar-refractivity contribution in [1.82, 2.24) is 4.90 Å². The van der Waals surface area contributed by atoms with Crippen LogP contribution in [0.2, 0.25) is 0 Å². The zero-order valence-electron chi connectivity index (χ0n) is 18.8. The first-order valence-corrected chi connectivity index (χ1v) is 11.7. The second-order valence-electron chi connectivity index (χ2n) is 9.17. The summed E-state index contributed by atoms with van der Waals surface area (Å²) in [5.74, 6) is 0.317. The number of amides is 1. The average molecular weight is 438 g/mol. The highest BCUT2D eigenvalue weighted by Crippen LogP contribution is 2.49. The van der Waals surface area contributed by atoms with Crippen molar-refractivity contribution in [2.24, 2.45) is 17.8 Å². The summed E-state index contributed by atoms with van der Waals surface area (Å²) in [5, 5.41) is 0. The van der Waals surface area contributed by atoms with Gasteiger partial charge in [0.25, 0.3) is 0 Å².